The summed E-state index contributed by atoms with van der Waals surface area (Å²) in [5, 5.41) is 0. The van der Waals surface area contributed by atoms with Gasteiger partial charge in [0.2, 0.25) is 5.91 Å². The van der Waals surface area contributed by atoms with Crippen LogP contribution >= 0.6 is 0 Å². The molecule has 0 bridgehead atoms. The number of benzene rings is 2. The summed E-state index contributed by atoms with van der Waals surface area (Å²) in [6, 6.07) is 19.4. The van der Waals surface area contributed by atoms with Crippen LogP contribution < -0.4 is 0 Å². The zero-order chi connectivity index (χ0) is 18.4. The molecule has 4 heteroatoms. The van der Waals surface area contributed by atoms with Gasteiger partial charge in [-0.15, -0.1) is 6.58 Å². The quantitative estimate of drug-likeness (QED) is 0.710. The van der Waals surface area contributed by atoms with Gasteiger partial charge in [0, 0.05) is 5.92 Å². The summed E-state index contributed by atoms with van der Waals surface area (Å²) >= 11 is 0. The van der Waals surface area contributed by atoms with Crippen LogP contribution in [0.15, 0.2) is 73.3 Å². The minimum atomic E-state index is -0.543. The highest BCUT2D eigenvalue weighted by Gasteiger charge is 2.40. The first-order valence-electron chi connectivity index (χ1n) is 8.87. The number of nitrogens with zero attached hydrogens (tertiary/aromatic N) is 1. The Morgan fingerprint density at radius 2 is 1.73 bits per heavy atom. The van der Waals surface area contributed by atoms with Crippen LogP contribution in [0.5, 0.6) is 0 Å². The van der Waals surface area contributed by atoms with Gasteiger partial charge in [-0.25, -0.2) is 9.69 Å². The Labute approximate surface area is 154 Å². The average molecular weight is 349 g/mol. The minimum Gasteiger partial charge on any atom is -0.447 e. The highest BCUT2D eigenvalue weighted by Crippen LogP contribution is 2.23. The Morgan fingerprint density at radius 3 is 2.35 bits per heavy atom. The normalized spacial score (nSPS) is 17.6. The van der Waals surface area contributed by atoms with Crippen molar-refractivity contribution in [3.05, 3.63) is 84.4 Å². The molecule has 134 valence electrons. The minimum absolute atomic E-state index is 0.183. The monoisotopic (exact) mass is 349 g/mol. The van der Waals surface area contributed by atoms with Crippen LogP contribution in [-0.2, 0) is 22.4 Å². The van der Waals surface area contributed by atoms with E-state index in [1.54, 1.807) is 6.08 Å². The van der Waals surface area contributed by atoms with Gasteiger partial charge in [-0.3, -0.25) is 4.79 Å². The Hall–Kier alpha value is -2.88. The molecule has 1 saturated heterocycles. The number of imide groups is 1. The smallest absolute Gasteiger partial charge is 0.416 e. The van der Waals surface area contributed by atoms with E-state index in [0.29, 0.717) is 19.3 Å². The molecule has 0 aromatic heterocycles. The van der Waals surface area contributed by atoms with Crippen LogP contribution in [0, 0.1) is 5.92 Å². The molecule has 0 spiro atoms. The van der Waals surface area contributed by atoms with Crippen LogP contribution in [0.1, 0.15) is 17.5 Å². The molecule has 1 heterocycles. The summed E-state index contributed by atoms with van der Waals surface area (Å²) in [6.45, 7) is 4.01. The molecule has 1 fully saturated rings. The molecule has 1 unspecified atom stereocenters. The van der Waals surface area contributed by atoms with E-state index in [0.717, 1.165) is 11.1 Å². The highest BCUT2D eigenvalue weighted by molar-refractivity contribution is 5.95. The summed E-state index contributed by atoms with van der Waals surface area (Å²) in [4.78, 5) is 26.7. The van der Waals surface area contributed by atoms with E-state index in [9.17, 15) is 9.59 Å². The van der Waals surface area contributed by atoms with Crippen LogP contribution in [0.2, 0.25) is 0 Å². The fourth-order valence-corrected chi connectivity index (χ4v) is 3.33. The van der Waals surface area contributed by atoms with Crippen molar-refractivity contribution in [2.75, 3.05) is 6.61 Å². The fraction of sp³-hybridized carbons (Fsp3) is 0.273. The molecule has 2 atom stereocenters. The van der Waals surface area contributed by atoms with Crippen LogP contribution in [0.4, 0.5) is 4.79 Å². The lowest BCUT2D eigenvalue weighted by Gasteiger charge is -2.24. The van der Waals surface area contributed by atoms with E-state index < -0.39 is 6.09 Å². The maximum absolute atomic E-state index is 13.1. The van der Waals surface area contributed by atoms with E-state index in [4.69, 9.17) is 4.74 Å². The molecule has 2 aromatic rings. The van der Waals surface area contributed by atoms with Crippen LogP contribution in [0.3, 0.4) is 0 Å². The van der Waals surface area contributed by atoms with Gasteiger partial charge in [-0.1, -0.05) is 66.7 Å². The van der Waals surface area contributed by atoms with Crippen molar-refractivity contribution in [1.29, 1.82) is 0 Å². The number of rotatable bonds is 7. The van der Waals surface area contributed by atoms with Gasteiger partial charge in [0.1, 0.15) is 6.61 Å². The Morgan fingerprint density at radius 1 is 1.12 bits per heavy atom. The van der Waals surface area contributed by atoms with E-state index in [2.05, 4.69) is 6.58 Å². The second kappa shape index (κ2) is 8.48. The van der Waals surface area contributed by atoms with Crippen molar-refractivity contribution < 1.29 is 14.3 Å². The van der Waals surface area contributed by atoms with E-state index in [1.165, 1.54) is 4.90 Å². The Balaban J connectivity index is 1.77. The zero-order valence-corrected chi connectivity index (χ0v) is 14.7. The fourth-order valence-electron chi connectivity index (χ4n) is 3.33. The van der Waals surface area contributed by atoms with Crippen molar-refractivity contribution >= 4 is 12.0 Å². The van der Waals surface area contributed by atoms with Crippen molar-refractivity contribution in [3.8, 4) is 0 Å². The van der Waals surface area contributed by atoms with Crippen molar-refractivity contribution in [1.82, 2.24) is 4.90 Å². The number of allylic oxidation sites excluding steroid dienone is 1. The van der Waals surface area contributed by atoms with E-state index in [-0.39, 0.29) is 24.5 Å². The first-order valence-corrected chi connectivity index (χ1v) is 8.87. The maximum atomic E-state index is 13.1. The summed E-state index contributed by atoms with van der Waals surface area (Å²) in [6.07, 6.45) is 2.89. The third-order valence-corrected chi connectivity index (χ3v) is 4.64. The third kappa shape index (κ3) is 4.20. The number of amides is 2. The van der Waals surface area contributed by atoms with Crippen LogP contribution in [-0.4, -0.2) is 29.5 Å². The van der Waals surface area contributed by atoms with Gasteiger partial charge in [0.15, 0.2) is 0 Å². The topological polar surface area (TPSA) is 46.6 Å². The standard InChI is InChI=1S/C22H23NO3/c1-2-9-19(14-17-10-5-3-6-11-17)21(24)23-20(16-26-22(23)25)15-18-12-7-4-8-13-18/h2-8,10-13,19-20H,1,9,14-16H2/t19?,20-/m1/s1. The van der Waals surface area contributed by atoms with Crippen molar-refractivity contribution in [2.24, 2.45) is 5.92 Å². The third-order valence-electron chi connectivity index (χ3n) is 4.64. The zero-order valence-electron chi connectivity index (χ0n) is 14.7. The molecule has 0 radical (unpaired) electrons. The summed E-state index contributed by atoms with van der Waals surface area (Å²) in [7, 11) is 0. The van der Waals surface area contributed by atoms with Gasteiger partial charge in [-0.2, -0.15) is 0 Å². The predicted octanol–water partition coefficient (Wildman–Crippen LogP) is 4.01. The molecule has 0 saturated carbocycles. The molecule has 2 aromatic carbocycles. The van der Waals surface area contributed by atoms with E-state index >= 15 is 0 Å². The summed E-state index contributed by atoms with van der Waals surface area (Å²) in [5.74, 6) is -0.504. The largest absolute Gasteiger partial charge is 0.447 e. The lowest BCUT2D eigenvalue weighted by molar-refractivity contribution is -0.133. The molecular weight excluding hydrogens is 326 g/mol. The van der Waals surface area contributed by atoms with Gasteiger partial charge >= 0.3 is 6.09 Å². The van der Waals surface area contributed by atoms with Crippen molar-refractivity contribution in [2.45, 2.75) is 25.3 Å². The number of carbonyl (C=O) groups excluding carboxylic acids is 2. The van der Waals surface area contributed by atoms with Gasteiger partial charge < -0.3 is 4.74 Å². The number of cyclic esters (lactones) is 1. The first-order chi connectivity index (χ1) is 12.7. The van der Waals surface area contributed by atoms with Gasteiger partial charge in [0.25, 0.3) is 0 Å². The number of hydrogen-bond donors (Lipinski definition) is 0. The molecule has 0 N–H and O–H groups in total. The van der Waals surface area contributed by atoms with Crippen LogP contribution in [0.25, 0.3) is 0 Å². The maximum Gasteiger partial charge on any atom is 0.416 e. The molecule has 1 aliphatic heterocycles. The van der Waals surface area contributed by atoms with Gasteiger partial charge in [0.05, 0.1) is 6.04 Å². The molecule has 1 aliphatic rings. The molecule has 3 rings (SSSR count). The number of carbonyl (C=O) groups is 2. The van der Waals surface area contributed by atoms with E-state index in [1.807, 2.05) is 60.7 Å². The lowest BCUT2D eigenvalue weighted by Crippen LogP contribution is -2.44. The first kappa shape index (κ1) is 17.9. The number of hydrogen-bond acceptors (Lipinski definition) is 3. The molecule has 26 heavy (non-hydrogen) atoms. The second-order valence-corrected chi connectivity index (χ2v) is 6.54. The average Bonchev–Trinajstić information content (AvgIpc) is 3.02. The molecular formula is C22H23NO3. The molecule has 0 aliphatic carbocycles. The Bertz CT molecular complexity index is 757. The molecule has 4 nitrogen and oxygen atoms in total. The summed E-state index contributed by atoms with van der Waals surface area (Å²) < 4.78 is 5.19. The lowest BCUT2D eigenvalue weighted by atomic mass is 9.94. The SMILES string of the molecule is C=CCC(Cc1ccccc1)C(=O)N1C(=O)OC[C@H]1Cc1ccccc1. The number of ether oxygens (including phenoxy) is 1. The predicted molar refractivity (Wildman–Crippen MR) is 101 cm³/mol. The molecule has 2 amide bonds. The highest BCUT2D eigenvalue weighted by atomic mass is 16.6. The Kier molecular flexibility index (Phi) is 5.84. The van der Waals surface area contributed by atoms with Gasteiger partial charge in [-0.05, 0) is 30.4 Å². The summed E-state index contributed by atoms with van der Waals surface area (Å²) in [5.41, 5.74) is 2.15. The van der Waals surface area contributed by atoms with Crippen molar-refractivity contribution in [3.63, 3.8) is 0 Å². The second-order valence-electron chi connectivity index (χ2n) is 6.54.